The number of Topliss-reactive ketones (excluding diaryl/α,β-unsaturated/α-hetero) is 1. The first-order valence-electron chi connectivity index (χ1n) is 11.9. The fourth-order valence-corrected chi connectivity index (χ4v) is 4.10. The van der Waals surface area contributed by atoms with Gasteiger partial charge in [0.2, 0.25) is 5.95 Å². The van der Waals surface area contributed by atoms with Gasteiger partial charge in [-0.15, -0.1) is 0 Å². The number of nitrogens with one attached hydrogen (secondary N) is 2. The fourth-order valence-electron chi connectivity index (χ4n) is 4.10. The number of nitrogen functional groups attached to an aromatic ring is 1. The highest BCUT2D eigenvalue weighted by atomic mass is 16.6. The minimum atomic E-state index is -1.41. The number of aryl methyl sites for hydroxylation is 1. The summed E-state index contributed by atoms with van der Waals surface area (Å²) < 4.78 is 7.12. The second kappa shape index (κ2) is 11.0. The molecular formula is C24H31N7O5. The van der Waals surface area contributed by atoms with Crippen LogP contribution >= 0.6 is 0 Å². The van der Waals surface area contributed by atoms with Gasteiger partial charge in [0.05, 0.1) is 6.33 Å². The molecule has 36 heavy (non-hydrogen) atoms. The molecule has 3 aromatic rings. The summed E-state index contributed by atoms with van der Waals surface area (Å²) in [4.78, 5) is 36.3. The SMILES string of the molecule is CCNC(=O)C1OC(n2cnc3c(N)nc(NCCc4ccc(CCC(C)=O)cc4)nc32)C(O)C1O. The van der Waals surface area contributed by atoms with Crippen LogP contribution < -0.4 is 16.4 Å². The molecule has 0 radical (unpaired) electrons. The van der Waals surface area contributed by atoms with Crippen molar-refractivity contribution in [1.82, 2.24) is 24.8 Å². The monoisotopic (exact) mass is 497 g/mol. The predicted octanol–water partition coefficient (Wildman–Crippen LogP) is 0.340. The zero-order valence-corrected chi connectivity index (χ0v) is 20.2. The summed E-state index contributed by atoms with van der Waals surface area (Å²) >= 11 is 0. The number of anilines is 2. The van der Waals surface area contributed by atoms with E-state index in [1.807, 2.05) is 24.3 Å². The zero-order chi connectivity index (χ0) is 25.8. The van der Waals surface area contributed by atoms with Gasteiger partial charge < -0.3 is 36.1 Å². The number of imidazole rings is 1. The van der Waals surface area contributed by atoms with Crippen LogP contribution in [0.25, 0.3) is 11.2 Å². The van der Waals surface area contributed by atoms with Crippen molar-refractivity contribution in [3.05, 3.63) is 41.7 Å². The van der Waals surface area contributed by atoms with E-state index in [2.05, 4.69) is 25.6 Å². The number of aliphatic hydroxyl groups excluding tert-OH is 2. The van der Waals surface area contributed by atoms with Crippen LogP contribution in [0.15, 0.2) is 30.6 Å². The molecule has 0 saturated carbocycles. The van der Waals surface area contributed by atoms with E-state index in [-0.39, 0.29) is 17.5 Å². The highest BCUT2D eigenvalue weighted by Gasteiger charge is 2.47. The first-order valence-corrected chi connectivity index (χ1v) is 11.9. The number of likely N-dealkylation sites (N-methyl/N-ethyl adjacent to an activating group) is 1. The Hall–Kier alpha value is -3.61. The smallest absolute Gasteiger partial charge is 0.252 e. The Morgan fingerprint density at radius 2 is 1.81 bits per heavy atom. The third-order valence-corrected chi connectivity index (χ3v) is 6.06. The van der Waals surface area contributed by atoms with Gasteiger partial charge in [-0.05, 0) is 37.8 Å². The number of benzene rings is 1. The molecule has 4 atom stereocenters. The predicted molar refractivity (Wildman–Crippen MR) is 132 cm³/mol. The summed E-state index contributed by atoms with van der Waals surface area (Å²) in [6.45, 7) is 4.24. The van der Waals surface area contributed by atoms with Gasteiger partial charge in [0.1, 0.15) is 23.5 Å². The minimum absolute atomic E-state index is 0.143. The number of ether oxygens (including phenoxy) is 1. The van der Waals surface area contributed by atoms with Crippen molar-refractivity contribution in [2.75, 3.05) is 24.1 Å². The maximum atomic E-state index is 12.2. The molecular weight excluding hydrogens is 466 g/mol. The van der Waals surface area contributed by atoms with Crippen LogP contribution in [0, 0.1) is 0 Å². The minimum Gasteiger partial charge on any atom is -0.387 e. The number of aliphatic hydroxyl groups is 2. The molecule has 1 aromatic carbocycles. The fraction of sp³-hybridized carbons (Fsp3) is 0.458. The van der Waals surface area contributed by atoms with Crippen molar-refractivity contribution in [3.63, 3.8) is 0 Å². The van der Waals surface area contributed by atoms with E-state index < -0.39 is 30.4 Å². The maximum Gasteiger partial charge on any atom is 0.252 e. The Kier molecular flexibility index (Phi) is 7.77. The van der Waals surface area contributed by atoms with Crippen LogP contribution in [0.1, 0.15) is 37.6 Å². The number of rotatable bonds is 10. The number of aromatic nitrogens is 4. The number of ketones is 1. The summed E-state index contributed by atoms with van der Waals surface area (Å²) in [5.74, 6) is 0.0738. The van der Waals surface area contributed by atoms with Crippen molar-refractivity contribution in [2.24, 2.45) is 0 Å². The molecule has 1 fully saturated rings. The summed E-state index contributed by atoms with van der Waals surface area (Å²) in [5.41, 5.74) is 8.93. The van der Waals surface area contributed by atoms with Crippen molar-refractivity contribution in [1.29, 1.82) is 0 Å². The summed E-state index contributed by atoms with van der Waals surface area (Å²) in [6, 6.07) is 8.10. The lowest BCUT2D eigenvalue weighted by molar-refractivity contribution is -0.137. The molecule has 6 N–H and O–H groups in total. The number of hydrogen-bond acceptors (Lipinski definition) is 10. The molecule has 0 spiro atoms. The molecule has 1 saturated heterocycles. The van der Waals surface area contributed by atoms with E-state index in [9.17, 15) is 19.8 Å². The number of amides is 1. The summed E-state index contributed by atoms with van der Waals surface area (Å²) in [5, 5.41) is 26.6. The third-order valence-electron chi connectivity index (χ3n) is 6.06. The Morgan fingerprint density at radius 3 is 2.47 bits per heavy atom. The molecule has 3 heterocycles. The normalized spacial score (nSPS) is 21.6. The van der Waals surface area contributed by atoms with Crippen LogP contribution in [0.4, 0.5) is 11.8 Å². The maximum absolute atomic E-state index is 12.2. The van der Waals surface area contributed by atoms with Gasteiger partial charge in [0.15, 0.2) is 23.8 Å². The van der Waals surface area contributed by atoms with Crippen LogP contribution in [0.5, 0.6) is 0 Å². The number of carbonyl (C=O) groups is 2. The topological polar surface area (TPSA) is 178 Å². The Balaban J connectivity index is 1.45. The van der Waals surface area contributed by atoms with Crippen LogP contribution in [0.3, 0.4) is 0 Å². The van der Waals surface area contributed by atoms with E-state index in [4.69, 9.17) is 10.5 Å². The van der Waals surface area contributed by atoms with Crippen molar-refractivity contribution >= 4 is 34.6 Å². The zero-order valence-electron chi connectivity index (χ0n) is 20.2. The molecule has 4 rings (SSSR count). The van der Waals surface area contributed by atoms with E-state index in [1.165, 1.54) is 10.9 Å². The van der Waals surface area contributed by atoms with Crippen molar-refractivity contribution in [3.8, 4) is 0 Å². The van der Waals surface area contributed by atoms with Gasteiger partial charge in [-0.25, -0.2) is 4.98 Å². The first-order chi connectivity index (χ1) is 17.3. The molecule has 12 heteroatoms. The number of nitrogens with zero attached hydrogens (tertiary/aromatic N) is 4. The lowest BCUT2D eigenvalue weighted by Crippen LogP contribution is -2.42. The molecule has 192 valence electrons. The largest absolute Gasteiger partial charge is 0.387 e. The van der Waals surface area contributed by atoms with Gasteiger partial charge in [-0.2, -0.15) is 9.97 Å². The number of fused-ring (bicyclic) bond motifs is 1. The lowest BCUT2D eigenvalue weighted by atomic mass is 10.0. The van der Waals surface area contributed by atoms with E-state index in [0.717, 1.165) is 17.5 Å². The Morgan fingerprint density at radius 1 is 1.11 bits per heavy atom. The van der Waals surface area contributed by atoms with Crippen LogP contribution in [0.2, 0.25) is 0 Å². The van der Waals surface area contributed by atoms with E-state index in [1.54, 1.807) is 13.8 Å². The van der Waals surface area contributed by atoms with Gasteiger partial charge in [0, 0.05) is 19.5 Å². The van der Waals surface area contributed by atoms with E-state index in [0.29, 0.717) is 37.1 Å². The molecule has 1 aliphatic rings. The average molecular weight is 498 g/mol. The average Bonchev–Trinajstić information content (AvgIpc) is 3.40. The van der Waals surface area contributed by atoms with Gasteiger partial charge >= 0.3 is 0 Å². The van der Waals surface area contributed by atoms with E-state index >= 15 is 0 Å². The lowest BCUT2D eigenvalue weighted by Gasteiger charge is -2.16. The van der Waals surface area contributed by atoms with Crippen LogP contribution in [-0.4, -0.2) is 72.8 Å². The van der Waals surface area contributed by atoms with Crippen molar-refractivity contribution < 1.29 is 24.5 Å². The molecule has 1 aliphatic heterocycles. The summed E-state index contributed by atoms with van der Waals surface area (Å²) in [6.07, 6.45) is -1.74. The molecule has 0 aliphatic carbocycles. The third kappa shape index (κ3) is 5.45. The molecule has 0 bridgehead atoms. The number of carbonyl (C=O) groups excluding carboxylic acids is 2. The van der Waals surface area contributed by atoms with Gasteiger partial charge in [0.25, 0.3) is 5.91 Å². The Bertz CT molecular complexity index is 1230. The van der Waals surface area contributed by atoms with Crippen LogP contribution in [-0.2, 0) is 27.2 Å². The number of nitrogens with two attached hydrogens (primary N) is 1. The quantitative estimate of drug-likeness (QED) is 0.262. The second-order valence-corrected chi connectivity index (χ2v) is 8.77. The molecule has 12 nitrogen and oxygen atoms in total. The highest BCUT2D eigenvalue weighted by molar-refractivity contribution is 5.83. The molecule has 2 aromatic heterocycles. The van der Waals surface area contributed by atoms with Gasteiger partial charge in [-0.3, -0.25) is 9.36 Å². The second-order valence-electron chi connectivity index (χ2n) is 8.77. The summed E-state index contributed by atoms with van der Waals surface area (Å²) in [7, 11) is 0. The Labute approximate surface area is 207 Å². The molecule has 1 amide bonds. The van der Waals surface area contributed by atoms with Crippen molar-refractivity contribution in [2.45, 2.75) is 57.6 Å². The highest BCUT2D eigenvalue weighted by Crippen LogP contribution is 2.32. The standard InChI is InChI=1S/C24H31N7O5/c1-3-26-22(35)19-17(33)18(34)23(36-19)31-12-28-16-20(25)29-24(30-21(16)31)27-11-10-15-8-6-14(7-9-15)5-4-13(2)32/h6-9,12,17-19,23,33-34H,3-5,10-11H2,1-2H3,(H,26,35)(H3,25,27,29,30). The molecule has 4 unspecified atom stereocenters. The number of hydrogen-bond donors (Lipinski definition) is 5. The van der Waals surface area contributed by atoms with Gasteiger partial charge in [-0.1, -0.05) is 24.3 Å². The first kappa shape index (κ1) is 25.5.